The van der Waals surface area contributed by atoms with Gasteiger partial charge in [-0.05, 0) is 73.9 Å². The second-order valence-electron chi connectivity index (χ2n) is 8.60. The third-order valence-electron chi connectivity index (χ3n) is 6.66. The van der Waals surface area contributed by atoms with E-state index in [0.29, 0.717) is 18.4 Å². The fourth-order valence-electron chi connectivity index (χ4n) is 4.72. The van der Waals surface area contributed by atoms with Crippen molar-refractivity contribution in [2.24, 2.45) is 5.41 Å². The molecular formula is C25H29FN2O3. The van der Waals surface area contributed by atoms with E-state index in [1.54, 1.807) is 12.1 Å². The highest BCUT2D eigenvalue weighted by Crippen LogP contribution is 2.46. The van der Waals surface area contributed by atoms with Crippen molar-refractivity contribution in [3.63, 3.8) is 0 Å². The van der Waals surface area contributed by atoms with Crippen LogP contribution in [-0.2, 0) is 22.5 Å². The van der Waals surface area contributed by atoms with Gasteiger partial charge in [0, 0.05) is 18.8 Å². The summed E-state index contributed by atoms with van der Waals surface area (Å²) in [6, 6.07) is 14.4. The molecule has 1 spiro atoms. The number of alkyl carbamates (subject to hydrolysis) is 1. The van der Waals surface area contributed by atoms with Crippen molar-refractivity contribution in [2.75, 3.05) is 11.4 Å². The van der Waals surface area contributed by atoms with E-state index in [4.69, 9.17) is 4.74 Å². The van der Waals surface area contributed by atoms with Gasteiger partial charge in [-0.3, -0.25) is 4.79 Å². The molecule has 2 aromatic rings. The van der Waals surface area contributed by atoms with Gasteiger partial charge in [0.05, 0.1) is 5.41 Å². The van der Waals surface area contributed by atoms with Crippen molar-refractivity contribution in [3.05, 3.63) is 65.5 Å². The van der Waals surface area contributed by atoms with Gasteiger partial charge in [0.2, 0.25) is 5.91 Å². The Balaban J connectivity index is 1.27. The van der Waals surface area contributed by atoms with Gasteiger partial charge in [0.1, 0.15) is 11.9 Å². The van der Waals surface area contributed by atoms with E-state index in [1.807, 2.05) is 17.0 Å². The van der Waals surface area contributed by atoms with Crippen LogP contribution in [0.25, 0.3) is 0 Å². The summed E-state index contributed by atoms with van der Waals surface area (Å²) in [7, 11) is 0. The zero-order chi connectivity index (χ0) is 21.8. The monoisotopic (exact) mass is 424 g/mol. The van der Waals surface area contributed by atoms with Crippen LogP contribution in [0.5, 0.6) is 0 Å². The van der Waals surface area contributed by atoms with Gasteiger partial charge in [0.25, 0.3) is 0 Å². The molecule has 31 heavy (non-hydrogen) atoms. The van der Waals surface area contributed by atoms with Gasteiger partial charge < -0.3 is 15.0 Å². The first-order chi connectivity index (χ1) is 15.0. The number of aryl methyl sites for hydroxylation is 1. The van der Waals surface area contributed by atoms with Crippen LogP contribution >= 0.6 is 0 Å². The Morgan fingerprint density at radius 1 is 1.13 bits per heavy atom. The maximum absolute atomic E-state index is 13.2. The quantitative estimate of drug-likeness (QED) is 0.736. The minimum Gasteiger partial charge on any atom is -0.446 e. The summed E-state index contributed by atoms with van der Waals surface area (Å²) >= 11 is 0. The molecule has 2 aliphatic rings. The van der Waals surface area contributed by atoms with E-state index in [-0.39, 0.29) is 29.8 Å². The Kier molecular flexibility index (Phi) is 6.25. The Labute approximate surface area is 182 Å². The van der Waals surface area contributed by atoms with Crippen LogP contribution in [0.15, 0.2) is 48.5 Å². The summed E-state index contributed by atoms with van der Waals surface area (Å²) in [5, 5.41) is 2.68. The first-order valence-electron chi connectivity index (χ1n) is 11.1. The average molecular weight is 425 g/mol. The smallest absolute Gasteiger partial charge is 0.407 e. The molecule has 2 amide bonds. The Morgan fingerprint density at radius 3 is 2.55 bits per heavy atom. The number of rotatable bonds is 5. The second kappa shape index (κ2) is 9.08. The number of hydrogen-bond donors (Lipinski definition) is 1. The molecule has 1 aliphatic heterocycles. The Bertz CT molecular complexity index is 936. The molecule has 0 atom stereocenters. The number of anilines is 1. The summed E-state index contributed by atoms with van der Waals surface area (Å²) in [5.74, 6) is -0.132. The van der Waals surface area contributed by atoms with Crippen molar-refractivity contribution in [1.82, 2.24) is 5.32 Å². The van der Waals surface area contributed by atoms with Crippen molar-refractivity contribution in [3.8, 4) is 0 Å². The average Bonchev–Trinajstić information content (AvgIpc) is 3.10. The molecule has 1 saturated carbocycles. The zero-order valence-electron chi connectivity index (χ0n) is 17.9. The zero-order valence-corrected chi connectivity index (χ0v) is 17.9. The summed E-state index contributed by atoms with van der Waals surface area (Å²) in [6.45, 7) is 3.08. The summed E-state index contributed by atoms with van der Waals surface area (Å²) < 4.78 is 18.8. The first-order valence-corrected chi connectivity index (χ1v) is 11.1. The maximum atomic E-state index is 13.2. The van der Waals surface area contributed by atoms with Crippen molar-refractivity contribution < 1.29 is 18.7 Å². The summed E-state index contributed by atoms with van der Waals surface area (Å²) in [6.07, 6.45) is 3.97. The number of hydrogen-bond acceptors (Lipinski definition) is 3. The standard InChI is InChI=1S/C25H29FN2O3/c1-2-18-6-8-21(9-7-18)28-15-14-25(23(28)29)12-10-22(11-13-25)31-24(30)27-17-19-4-3-5-20(26)16-19/h3-9,16,22H,2,10-15,17H2,1H3,(H,27,30)/t22-,25-. The molecule has 164 valence electrons. The molecule has 1 aliphatic carbocycles. The summed E-state index contributed by atoms with van der Waals surface area (Å²) in [4.78, 5) is 27.3. The molecule has 1 saturated heterocycles. The molecule has 0 aromatic heterocycles. The van der Waals surface area contributed by atoms with Crippen LogP contribution in [0.4, 0.5) is 14.9 Å². The first kappa shape index (κ1) is 21.3. The largest absolute Gasteiger partial charge is 0.446 e. The van der Waals surface area contributed by atoms with Crippen LogP contribution in [0, 0.1) is 11.2 Å². The number of ether oxygens (including phenoxy) is 1. The Hall–Kier alpha value is -2.89. The van der Waals surface area contributed by atoms with Crippen LogP contribution in [0.2, 0.25) is 0 Å². The lowest BCUT2D eigenvalue weighted by atomic mass is 9.72. The van der Waals surface area contributed by atoms with E-state index in [0.717, 1.165) is 37.9 Å². The molecule has 5 nitrogen and oxygen atoms in total. The summed E-state index contributed by atoms with van der Waals surface area (Å²) in [5.41, 5.74) is 2.58. The second-order valence-corrected chi connectivity index (χ2v) is 8.60. The number of amides is 2. The predicted molar refractivity (Wildman–Crippen MR) is 117 cm³/mol. The van der Waals surface area contributed by atoms with Crippen molar-refractivity contribution in [2.45, 2.75) is 58.1 Å². The molecule has 2 aromatic carbocycles. The number of carbonyl (C=O) groups is 2. The van der Waals surface area contributed by atoms with Crippen LogP contribution in [-0.4, -0.2) is 24.6 Å². The lowest BCUT2D eigenvalue weighted by molar-refractivity contribution is -0.128. The molecule has 1 N–H and O–H groups in total. The highest BCUT2D eigenvalue weighted by Gasteiger charge is 2.49. The minimum atomic E-state index is -0.499. The van der Waals surface area contributed by atoms with Gasteiger partial charge in [0.15, 0.2) is 0 Å². The number of benzene rings is 2. The highest BCUT2D eigenvalue weighted by molar-refractivity contribution is 6.00. The molecule has 1 heterocycles. The van der Waals surface area contributed by atoms with Crippen molar-refractivity contribution in [1.29, 1.82) is 0 Å². The van der Waals surface area contributed by atoms with E-state index in [9.17, 15) is 14.0 Å². The molecule has 2 fully saturated rings. The fraction of sp³-hybridized carbons (Fsp3) is 0.440. The number of carbonyl (C=O) groups excluding carboxylic acids is 2. The van der Waals surface area contributed by atoms with Crippen LogP contribution in [0.3, 0.4) is 0 Å². The van der Waals surface area contributed by atoms with Gasteiger partial charge in [-0.2, -0.15) is 0 Å². The van der Waals surface area contributed by atoms with Gasteiger partial charge in [-0.15, -0.1) is 0 Å². The minimum absolute atomic E-state index is 0.191. The van der Waals surface area contributed by atoms with Gasteiger partial charge in [-0.25, -0.2) is 9.18 Å². The molecular weight excluding hydrogens is 395 g/mol. The van der Waals surface area contributed by atoms with E-state index >= 15 is 0 Å². The van der Waals surface area contributed by atoms with Gasteiger partial charge in [-0.1, -0.05) is 31.2 Å². The molecule has 4 rings (SSSR count). The Morgan fingerprint density at radius 2 is 1.87 bits per heavy atom. The molecule has 0 bridgehead atoms. The molecule has 0 radical (unpaired) electrons. The SMILES string of the molecule is CCc1ccc(N2CC[C@]3(CC[C@@H](OC(=O)NCc4cccc(F)c4)CC3)C2=O)cc1. The van der Waals surface area contributed by atoms with Crippen LogP contribution in [0.1, 0.15) is 50.2 Å². The third kappa shape index (κ3) is 4.73. The van der Waals surface area contributed by atoms with Crippen molar-refractivity contribution >= 4 is 17.7 Å². The lowest BCUT2D eigenvalue weighted by Crippen LogP contribution is -2.40. The number of halogens is 1. The normalized spacial score (nSPS) is 23.2. The van der Waals surface area contributed by atoms with Gasteiger partial charge >= 0.3 is 6.09 Å². The van der Waals surface area contributed by atoms with Crippen LogP contribution < -0.4 is 10.2 Å². The number of nitrogens with one attached hydrogen (secondary N) is 1. The topological polar surface area (TPSA) is 58.6 Å². The van der Waals surface area contributed by atoms with E-state index in [1.165, 1.54) is 17.7 Å². The third-order valence-corrected chi connectivity index (χ3v) is 6.66. The maximum Gasteiger partial charge on any atom is 0.407 e. The molecule has 6 heteroatoms. The molecule has 0 unspecified atom stereocenters. The highest BCUT2D eigenvalue weighted by atomic mass is 19.1. The van der Waals surface area contributed by atoms with E-state index in [2.05, 4.69) is 24.4 Å². The predicted octanol–water partition coefficient (Wildman–Crippen LogP) is 4.98. The van der Waals surface area contributed by atoms with E-state index < -0.39 is 6.09 Å². The fourth-order valence-corrected chi connectivity index (χ4v) is 4.72. The lowest BCUT2D eigenvalue weighted by Gasteiger charge is -2.35. The number of nitrogens with zero attached hydrogens (tertiary/aromatic N) is 1.